The topological polar surface area (TPSA) is 107 Å². The maximum absolute atomic E-state index is 12.8. The van der Waals surface area contributed by atoms with E-state index in [2.05, 4.69) is 5.16 Å². The number of sulfonamides is 1. The number of aromatic nitrogens is 1. The Kier molecular flexibility index (Phi) is 3.90. The number of aryl methyl sites for hydroxylation is 1. The smallest absolute Gasteiger partial charge is 0.269 e. The Morgan fingerprint density at radius 3 is 2.61 bits per heavy atom. The third-order valence-corrected chi connectivity index (χ3v) is 5.77. The van der Waals surface area contributed by atoms with Crippen LogP contribution in [0.4, 0.5) is 5.69 Å². The van der Waals surface area contributed by atoms with E-state index in [0.29, 0.717) is 24.4 Å². The number of nitro benzene ring substituents is 1. The monoisotopic (exact) mass is 337 g/mol. The van der Waals surface area contributed by atoms with Gasteiger partial charge in [0.15, 0.2) is 0 Å². The molecule has 0 unspecified atom stereocenters. The van der Waals surface area contributed by atoms with Gasteiger partial charge >= 0.3 is 0 Å². The van der Waals surface area contributed by atoms with Crippen LogP contribution in [0.3, 0.4) is 0 Å². The first kappa shape index (κ1) is 15.6. The van der Waals surface area contributed by atoms with Crippen molar-refractivity contribution in [2.45, 2.75) is 30.7 Å². The van der Waals surface area contributed by atoms with Gasteiger partial charge in [-0.2, -0.15) is 4.31 Å². The highest BCUT2D eigenvalue weighted by molar-refractivity contribution is 7.89. The van der Waals surface area contributed by atoms with Gasteiger partial charge in [-0.3, -0.25) is 10.1 Å². The van der Waals surface area contributed by atoms with Crippen molar-refractivity contribution in [1.29, 1.82) is 0 Å². The number of non-ortho nitro benzene ring substituents is 1. The highest BCUT2D eigenvalue weighted by atomic mass is 32.2. The molecule has 0 spiro atoms. The number of hydrogen-bond acceptors (Lipinski definition) is 6. The van der Waals surface area contributed by atoms with Crippen LogP contribution in [0.15, 0.2) is 39.8 Å². The first-order valence-electron chi connectivity index (χ1n) is 7.09. The lowest BCUT2D eigenvalue weighted by molar-refractivity contribution is -0.384. The predicted octanol–water partition coefficient (Wildman–Crippen LogP) is 2.42. The zero-order valence-electron chi connectivity index (χ0n) is 12.4. The van der Waals surface area contributed by atoms with Crippen LogP contribution in [0.2, 0.25) is 0 Å². The normalized spacial score (nSPS) is 19.1. The molecule has 1 atom stereocenters. The van der Waals surface area contributed by atoms with Crippen molar-refractivity contribution in [3.8, 4) is 0 Å². The van der Waals surface area contributed by atoms with Gasteiger partial charge in [0.25, 0.3) is 5.69 Å². The van der Waals surface area contributed by atoms with Crippen LogP contribution >= 0.6 is 0 Å². The van der Waals surface area contributed by atoms with Crippen molar-refractivity contribution >= 4 is 15.7 Å². The Bertz CT molecular complexity index is 828. The second-order valence-corrected chi connectivity index (χ2v) is 7.28. The summed E-state index contributed by atoms with van der Waals surface area (Å²) in [4.78, 5) is 10.2. The van der Waals surface area contributed by atoms with Crippen LogP contribution in [-0.2, 0) is 10.0 Å². The zero-order chi connectivity index (χ0) is 16.6. The van der Waals surface area contributed by atoms with Crippen LogP contribution in [0.1, 0.15) is 30.3 Å². The molecule has 3 rings (SSSR count). The minimum Gasteiger partial charge on any atom is -0.361 e. The molecule has 0 bridgehead atoms. The molecule has 0 radical (unpaired) electrons. The molecule has 0 N–H and O–H groups in total. The van der Waals surface area contributed by atoms with Gasteiger partial charge in [-0.25, -0.2) is 8.42 Å². The minimum atomic E-state index is -3.74. The molecule has 8 nitrogen and oxygen atoms in total. The zero-order valence-corrected chi connectivity index (χ0v) is 13.2. The number of hydrogen-bond donors (Lipinski definition) is 0. The Morgan fingerprint density at radius 2 is 2.04 bits per heavy atom. The summed E-state index contributed by atoms with van der Waals surface area (Å²) in [5.41, 5.74) is 0.444. The first-order valence-corrected chi connectivity index (χ1v) is 8.53. The average Bonchev–Trinajstić information content (AvgIpc) is 3.16. The van der Waals surface area contributed by atoms with Gasteiger partial charge in [-0.05, 0) is 31.9 Å². The van der Waals surface area contributed by atoms with Crippen molar-refractivity contribution in [2.75, 3.05) is 6.54 Å². The summed E-state index contributed by atoms with van der Waals surface area (Å²) in [7, 11) is -3.74. The van der Waals surface area contributed by atoms with Crippen LogP contribution in [0.25, 0.3) is 0 Å². The fourth-order valence-electron chi connectivity index (χ4n) is 2.74. The summed E-state index contributed by atoms with van der Waals surface area (Å²) in [6, 6.07) is 6.27. The predicted molar refractivity (Wildman–Crippen MR) is 80.2 cm³/mol. The Hall–Kier alpha value is -2.26. The van der Waals surface area contributed by atoms with Crippen LogP contribution in [0, 0.1) is 17.0 Å². The maximum atomic E-state index is 12.8. The van der Waals surface area contributed by atoms with Gasteiger partial charge < -0.3 is 4.52 Å². The van der Waals surface area contributed by atoms with E-state index in [1.165, 1.54) is 28.6 Å². The molecule has 1 aromatic carbocycles. The molecule has 0 aliphatic carbocycles. The fraction of sp³-hybridized carbons (Fsp3) is 0.357. The third-order valence-electron chi connectivity index (χ3n) is 3.85. The SMILES string of the molecule is Cc1cc([C@H]2CCCN2S(=O)(=O)c2ccc([N+](=O)[O-])cc2)no1. The molecule has 122 valence electrons. The molecule has 1 aliphatic rings. The third kappa shape index (κ3) is 2.84. The summed E-state index contributed by atoms with van der Waals surface area (Å²) < 4.78 is 32.0. The molecular formula is C14H15N3O5S. The molecule has 0 saturated carbocycles. The van der Waals surface area contributed by atoms with E-state index in [9.17, 15) is 18.5 Å². The van der Waals surface area contributed by atoms with E-state index in [4.69, 9.17) is 4.52 Å². The van der Waals surface area contributed by atoms with Crippen molar-refractivity contribution in [3.05, 3.63) is 51.9 Å². The number of nitrogens with zero attached hydrogens (tertiary/aromatic N) is 3. The highest BCUT2D eigenvalue weighted by Crippen LogP contribution is 2.36. The first-order chi connectivity index (χ1) is 10.9. The van der Waals surface area contributed by atoms with E-state index in [1.54, 1.807) is 13.0 Å². The van der Waals surface area contributed by atoms with Gasteiger partial charge in [0.05, 0.1) is 15.9 Å². The van der Waals surface area contributed by atoms with Gasteiger partial charge in [0, 0.05) is 24.7 Å². The van der Waals surface area contributed by atoms with Crippen LogP contribution < -0.4 is 0 Å². The summed E-state index contributed by atoms with van der Waals surface area (Å²) >= 11 is 0. The lowest BCUT2D eigenvalue weighted by Crippen LogP contribution is -2.30. The van der Waals surface area contributed by atoms with Crippen molar-refractivity contribution < 1.29 is 17.9 Å². The number of rotatable bonds is 4. The van der Waals surface area contributed by atoms with Crippen molar-refractivity contribution in [3.63, 3.8) is 0 Å². The van der Waals surface area contributed by atoms with Gasteiger partial charge in [0.1, 0.15) is 11.5 Å². The average molecular weight is 337 g/mol. The Morgan fingerprint density at radius 1 is 1.35 bits per heavy atom. The summed E-state index contributed by atoms with van der Waals surface area (Å²) in [5, 5.41) is 14.6. The van der Waals surface area contributed by atoms with Gasteiger partial charge in [-0.1, -0.05) is 5.16 Å². The van der Waals surface area contributed by atoms with Gasteiger partial charge in [0.2, 0.25) is 10.0 Å². The largest absolute Gasteiger partial charge is 0.361 e. The van der Waals surface area contributed by atoms with E-state index in [0.717, 1.165) is 6.42 Å². The molecule has 1 fully saturated rings. The quantitative estimate of drug-likeness (QED) is 0.626. The lowest BCUT2D eigenvalue weighted by atomic mass is 10.1. The van der Waals surface area contributed by atoms with E-state index in [1.807, 2.05) is 0 Å². The molecule has 1 saturated heterocycles. The summed E-state index contributed by atoms with van der Waals surface area (Å²) in [6.07, 6.45) is 1.39. The molecule has 2 heterocycles. The Labute approximate surface area is 132 Å². The lowest BCUT2D eigenvalue weighted by Gasteiger charge is -2.22. The Balaban J connectivity index is 1.93. The molecule has 1 aliphatic heterocycles. The van der Waals surface area contributed by atoms with E-state index in [-0.39, 0.29) is 16.6 Å². The number of nitro groups is 1. The molecule has 1 aromatic heterocycles. The fourth-order valence-corrected chi connectivity index (χ4v) is 4.41. The molecule has 23 heavy (non-hydrogen) atoms. The van der Waals surface area contributed by atoms with E-state index < -0.39 is 14.9 Å². The van der Waals surface area contributed by atoms with Crippen LogP contribution in [0.5, 0.6) is 0 Å². The second-order valence-electron chi connectivity index (χ2n) is 5.39. The summed E-state index contributed by atoms with van der Waals surface area (Å²) in [5.74, 6) is 0.625. The van der Waals surface area contributed by atoms with Crippen molar-refractivity contribution in [1.82, 2.24) is 9.46 Å². The second kappa shape index (κ2) is 5.74. The minimum absolute atomic E-state index is 0.0372. The van der Waals surface area contributed by atoms with E-state index >= 15 is 0 Å². The van der Waals surface area contributed by atoms with Crippen molar-refractivity contribution in [2.24, 2.45) is 0 Å². The van der Waals surface area contributed by atoms with Crippen LogP contribution in [-0.4, -0.2) is 29.3 Å². The molecular weight excluding hydrogens is 322 g/mol. The van der Waals surface area contributed by atoms with Gasteiger partial charge in [-0.15, -0.1) is 0 Å². The number of benzene rings is 1. The summed E-state index contributed by atoms with van der Waals surface area (Å²) in [6.45, 7) is 2.14. The molecule has 9 heteroatoms. The highest BCUT2D eigenvalue weighted by Gasteiger charge is 2.37. The molecule has 2 aromatic rings. The maximum Gasteiger partial charge on any atom is 0.269 e. The standard InChI is InChI=1S/C14H15N3O5S/c1-10-9-13(15-22-10)14-3-2-8-16(14)23(20,21)12-6-4-11(5-7-12)17(18)19/h4-7,9,14H,2-3,8H2,1H3/t14-/m1/s1. The molecule has 0 amide bonds.